The first kappa shape index (κ1) is 15.2. The van der Waals surface area contributed by atoms with Gasteiger partial charge in [-0.15, -0.1) is 11.3 Å². The summed E-state index contributed by atoms with van der Waals surface area (Å²) >= 11 is 1.43. The predicted octanol–water partition coefficient (Wildman–Crippen LogP) is 0.885. The molecule has 0 aliphatic heterocycles. The van der Waals surface area contributed by atoms with E-state index in [-0.39, 0.29) is 23.6 Å². The first-order chi connectivity index (χ1) is 11.1. The van der Waals surface area contributed by atoms with Crippen molar-refractivity contribution in [1.82, 2.24) is 19.9 Å². The first-order valence-corrected chi connectivity index (χ1v) is 7.86. The number of nitrogens with one attached hydrogen (secondary N) is 2. The summed E-state index contributed by atoms with van der Waals surface area (Å²) in [6.07, 6.45) is 1.36. The Bertz CT molecular complexity index is 966. The monoisotopic (exact) mass is 330 g/mol. The Labute approximate surface area is 134 Å². The molecule has 0 aliphatic carbocycles. The number of fused-ring (bicyclic) bond motifs is 1. The number of rotatable bonds is 4. The Morgan fingerprint density at radius 1 is 1.35 bits per heavy atom. The van der Waals surface area contributed by atoms with Gasteiger partial charge in [0.05, 0.1) is 10.9 Å². The fourth-order valence-corrected chi connectivity index (χ4v) is 3.05. The molecular formula is C15H14N4O3S. The molecule has 0 unspecified atom stereocenters. The molecule has 0 saturated heterocycles. The predicted molar refractivity (Wildman–Crippen MR) is 88.0 cm³/mol. The van der Waals surface area contributed by atoms with Gasteiger partial charge in [-0.3, -0.25) is 19.0 Å². The number of carbonyl (C=O) groups is 1. The van der Waals surface area contributed by atoms with Crippen molar-refractivity contribution in [3.05, 3.63) is 61.9 Å². The van der Waals surface area contributed by atoms with Crippen LogP contribution in [0.15, 0.2) is 39.4 Å². The van der Waals surface area contributed by atoms with Gasteiger partial charge in [0.2, 0.25) is 5.56 Å². The summed E-state index contributed by atoms with van der Waals surface area (Å²) in [5.41, 5.74) is -0.00834. The molecule has 0 bridgehead atoms. The maximum atomic E-state index is 12.4. The molecule has 0 fully saturated rings. The van der Waals surface area contributed by atoms with Crippen LogP contribution in [-0.2, 0) is 6.54 Å². The molecule has 7 nitrogen and oxygen atoms in total. The molecule has 3 aromatic rings. The van der Waals surface area contributed by atoms with Gasteiger partial charge in [-0.2, -0.15) is 0 Å². The third kappa shape index (κ3) is 3.07. The maximum Gasteiger partial charge on any atom is 0.262 e. The Kier molecular flexibility index (Phi) is 4.07. The van der Waals surface area contributed by atoms with Crippen LogP contribution in [0.2, 0.25) is 0 Å². The quantitative estimate of drug-likeness (QED) is 0.742. The maximum absolute atomic E-state index is 12.4. The highest BCUT2D eigenvalue weighted by Gasteiger charge is 2.10. The number of nitrogens with zero attached hydrogens (tertiary/aromatic N) is 2. The number of carbonyl (C=O) groups excluding carboxylic acids is 1. The highest BCUT2D eigenvalue weighted by atomic mass is 32.1. The zero-order chi connectivity index (χ0) is 16.4. The van der Waals surface area contributed by atoms with Crippen LogP contribution in [0.1, 0.15) is 16.2 Å². The largest absolute Gasteiger partial charge is 0.350 e. The molecular weight excluding hydrogens is 316 g/mol. The summed E-state index contributed by atoms with van der Waals surface area (Å²) in [6, 6.07) is 4.49. The molecule has 2 N–H and O–H groups in total. The lowest BCUT2D eigenvalue weighted by atomic mass is 10.2. The van der Waals surface area contributed by atoms with E-state index in [2.05, 4.69) is 15.3 Å². The van der Waals surface area contributed by atoms with E-state index in [9.17, 15) is 14.4 Å². The van der Waals surface area contributed by atoms with Gasteiger partial charge in [0.25, 0.3) is 11.5 Å². The molecule has 0 aromatic carbocycles. The number of hydrogen-bond donors (Lipinski definition) is 2. The van der Waals surface area contributed by atoms with Gasteiger partial charge in [0.1, 0.15) is 10.7 Å². The topological polar surface area (TPSA) is 96.8 Å². The van der Waals surface area contributed by atoms with Gasteiger partial charge >= 0.3 is 0 Å². The third-order valence-corrected chi connectivity index (χ3v) is 4.25. The lowest BCUT2D eigenvalue weighted by Crippen LogP contribution is -2.32. The number of thiophene rings is 1. The number of amides is 1. The summed E-state index contributed by atoms with van der Waals surface area (Å²) in [5, 5.41) is 5.14. The zero-order valence-corrected chi connectivity index (χ0v) is 13.1. The molecule has 23 heavy (non-hydrogen) atoms. The smallest absolute Gasteiger partial charge is 0.262 e. The zero-order valence-electron chi connectivity index (χ0n) is 12.3. The van der Waals surface area contributed by atoms with Gasteiger partial charge in [0, 0.05) is 25.4 Å². The number of H-pyrrole nitrogens is 1. The van der Waals surface area contributed by atoms with E-state index in [1.165, 1.54) is 29.7 Å². The summed E-state index contributed by atoms with van der Waals surface area (Å²) in [5.74, 6) is 0.305. The highest BCUT2D eigenvalue weighted by Crippen LogP contribution is 2.14. The lowest BCUT2D eigenvalue weighted by Gasteiger charge is -2.10. The Balaban J connectivity index is 1.71. The van der Waals surface area contributed by atoms with Gasteiger partial charge in [-0.05, 0) is 24.4 Å². The number of aromatic nitrogens is 3. The molecule has 0 radical (unpaired) electrons. The average molecular weight is 330 g/mol. The van der Waals surface area contributed by atoms with Gasteiger partial charge in [-0.25, -0.2) is 4.98 Å². The highest BCUT2D eigenvalue weighted by molar-refractivity contribution is 7.16. The summed E-state index contributed by atoms with van der Waals surface area (Å²) in [4.78, 5) is 42.9. The standard InChI is InChI=1S/C15H14N4O3S/c1-9-18-14-11(4-7-23-14)15(22)19(9)6-5-16-13(21)10-2-3-12(20)17-8-10/h2-4,7-8H,5-6H2,1H3,(H,16,21)(H,17,20). The normalized spacial score (nSPS) is 10.8. The summed E-state index contributed by atoms with van der Waals surface area (Å²) in [7, 11) is 0. The van der Waals surface area contributed by atoms with Crippen molar-refractivity contribution in [2.24, 2.45) is 0 Å². The van der Waals surface area contributed by atoms with Crippen LogP contribution < -0.4 is 16.4 Å². The van der Waals surface area contributed by atoms with Crippen molar-refractivity contribution in [1.29, 1.82) is 0 Å². The fraction of sp³-hybridized carbons (Fsp3) is 0.200. The van der Waals surface area contributed by atoms with Crippen molar-refractivity contribution < 1.29 is 4.79 Å². The van der Waals surface area contributed by atoms with E-state index in [0.717, 1.165) is 4.83 Å². The molecule has 1 amide bonds. The SMILES string of the molecule is Cc1nc2sccc2c(=O)n1CCNC(=O)c1ccc(=O)[nH]c1. The number of aromatic amines is 1. The second-order valence-corrected chi connectivity index (χ2v) is 5.85. The van der Waals surface area contributed by atoms with E-state index < -0.39 is 0 Å². The van der Waals surface area contributed by atoms with E-state index in [0.29, 0.717) is 23.3 Å². The van der Waals surface area contributed by atoms with Crippen molar-refractivity contribution in [2.75, 3.05) is 6.54 Å². The molecule has 0 saturated carbocycles. The minimum atomic E-state index is -0.309. The Hall–Kier alpha value is -2.74. The fourth-order valence-electron chi connectivity index (χ4n) is 2.25. The van der Waals surface area contributed by atoms with Crippen LogP contribution in [0.3, 0.4) is 0 Å². The van der Waals surface area contributed by atoms with Gasteiger partial charge in [0.15, 0.2) is 0 Å². The average Bonchev–Trinajstić information content (AvgIpc) is 2.99. The van der Waals surface area contributed by atoms with Crippen LogP contribution in [0.25, 0.3) is 10.2 Å². The van der Waals surface area contributed by atoms with Crippen LogP contribution in [-0.4, -0.2) is 27.0 Å². The van der Waals surface area contributed by atoms with Crippen molar-refractivity contribution in [3.63, 3.8) is 0 Å². The summed E-state index contributed by atoms with van der Waals surface area (Å²) < 4.78 is 1.54. The molecule has 0 aliphatic rings. The van der Waals surface area contributed by atoms with E-state index in [4.69, 9.17) is 0 Å². The third-order valence-electron chi connectivity index (χ3n) is 3.44. The molecule has 3 rings (SSSR count). The molecule has 0 atom stereocenters. The summed E-state index contributed by atoms with van der Waals surface area (Å²) in [6.45, 7) is 2.39. The number of hydrogen-bond acceptors (Lipinski definition) is 5. The lowest BCUT2D eigenvalue weighted by molar-refractivity contribution is 0.0951. The second-order valence-electron chi connectivity index (χ2n) is 4.95. The van der Waals surface area contributed by atoms with Crippen LogP contribution >= 0.6 is 11.3 Å². The first-order valence-electron chi connectivity index (χ1n) is 6.98. The molecule has 8 heteroatoms. The minimum Gasteiger partial charge on any atom is -0.350 e. The van der Waals surface area contributed by atoms with E-state index in [1.54, 1.807) is 17.6 Å². The van der Waals surface area contributed by atoms with Gasteiger partial charge < -0.3 is 10.3 Å². The Morgan fingerprint density at radius 3 is 2.91 bits per heavy atom. The Morgan fingerprint density at radius 2 is 2.17 bits per heavy atom. The number of aryl methyl sites for hydroxylation is 1. The second kappa shape index (κ2) is 6.17. The molecule has 118 valence electrons. The molecule has 3 aromatic heterocycles. The van der Waals surface area contributed by atoms with E-state index in [1.807, 2.05) is 5.38 Å². The van der Waals surface area contributed by atoms with E-state index >= 15 is 0 Å². The molecule has 0 spiro atoms. The van der Waals surface area contributed by atoms with Crippen molar-refractivity contribution >= 4 is 27.5 Å². The number of pyridine rings is 1. The van der Waals surface area contributed by atoms with Crippen molar-refractivity contribution in [2.45, 2.75) is 13.5 Å². The minimum absolute atomic E-state index is 0.105. The van der Waals surface area contributed by atoms with Crippen molar-refractivity contribution in [3.8, 4) is 0 Å². The van der Waals surface area contributed by atoms with Crippen LogP contribution in [0, 0.1) is 6.92 Å². The van der Waals surface area contributed by atoms with Crippen LogP contribution in [0.4, 0.5) is 0 Å². The van der Waals surface area contributed by atoms with Crippen LogP contribution in [0.5, 0.6) is 0 Å². The van der Waals surface area contributed by atoms with Gasteiger partial charge in [-0.1, -0.05) is 0 Å². The molecule has 3 heterocycles.